The summed E-state index contributed by atoms with van der Waals surface area (Å²) < 4.78 is 39.1. The van der Waals surface area contributed by atoms with Crippen molar-refractivity contribution in [3.05, 3.63) is 81.8 Å². The van der Waals surface area contributed by atoms with Crippen molar-refractivity contribution >= 4 is 34.5 Å². The number of anilines is 1. The average molecular weight is 504 g/mol. The fraction of sp³-hybridized carbons (Fsp3) is 0.136. The van der Waals surface area contributed by atoms with E-state index in [1.54, 1.807) is 24.3 Å². The van der Waals surface area contributed by atoms with Gasteiger partial charge in [-0.25, -0.2) is 9.50 Å². The number of hydrogen-bond acceptors (Lipinski definition) is 7. The van der Waals surface area contributed by atoms with Gasteiger partial charge in [0.1, 0.15) is 22.9 Å². The Morgan fingerprint density at radius 1 is 1.11 bits per heavy atom. The summed E-state index contributed by atoms with van der Waals surface area (Å²) in [6.45, 7) is 1.49. The highest BCUT2D eigenvalue weighted by Crippen LogP contribution is 2.33. The first-order valence-electron chi connectivity index (χ1n) is 9.91. The van der Waals surface area contributed by atoms with Crippen molar-refractivity contribution in [2.45, 2.75) is 12.3 Å². The number of nitrogens with zero attached hydrogens (tertiary/aromatic N) is 4. The zero-order valence-corrected chi connectivity index (χ0v) is 18.9. The number of non-ortho nitro benzene ring substituents is 1. The molecule has 2 aromatic carbocycles. The number of ether oxygens (including phenoxy) is 2. The van der Waals surface area contributed by atoms with E-state index in [-0.39, 0.29) is 34.2 Å². The van der Waals surface area contributed by atoms with Crippen molar-refractivity contribution in [2.24, 2.45) is 0 Å². The van der Waals surface area contributed by atoms with E-state index in [4.69, 9.17) is 21.1 Å². The number of rotatable bonds is 7. The molecule has 0 aliphatic carbocycles. The number of halogens is 3. The molecule has 0 aliphatic rings. The quantitative estimate of drug-likeness (QED) is 0.207. The Kier molecular flexibility index (Phi) is 6.22. The molecule has 4 rings (SSSR count). The Labute approximate surface area is 201 Å². The lowest BCUT2D eigenvalue weighted by Gasteiger charge is -2.10. The van der Waals surface area contributed by atoms with Crippen molar-refractivity contribution in [1.82, 2.24) is 14.6 Å². The zero-order valence-electron chi connectivity index (χ0n) is 18.2. The van der Waals surface area contributed by atoms with Gasteiger partial charge in [0, 0.05) is 23.9 Å². The van der Waals surface area contributed by atoms with Crippen LogP contribution in [0.2, 0.25) is 0 Å². The van der Waals surface area contributed by atoms with E-state index in [0.29, 0.717) is 11.5 Å². The van der Waals surface area contributed by atoms with Crippen LogP contribution in [-0.4, -0.2) is 32.5 Å². The second kappa shape index (κ2) is 9.14. The molecule has 2 heterocycles. The third-order valence-corrected chi connectivity index (χ3v) is 4.93. The van der Waals surface area contributed by atoms with Gasteiger partial charge in [-0.2, -0.15) is 13.9 Å². The third-order valence-electron chi connectivity index (χ3n) is 4.73. The summed E-state index contributed by atoms with van der Waals surface area (Å²) in [4.78, 5) is 27.6. The predicted octanol–water partition coefficient (Wildman–Crippen LogP) is 5.29. The minimum absolute atomic E-state index is 0.0203. The normalized spacial score (nSPS) is 11.3. The van der Waals surface area contributed by atoms with Crippen molar-refractivity contribution in [3.8, 4) is 17.2 Å². The number of nitro groups is 1. The van der Waals surface area contributed by atoms with E-state index in [2.05, 4.69) is 15.4 Å². The summed E-state index contributed by atoms with van der Waals surface area (Å²) in [6.07, 6.45) is 0. The van der Waals surface area contributed by atoms with Crippen LogP contribution in [0.4, 0.5) is 20.2 Å². The van der Waals surface area contributed by atoms with Crippen molar-refractivity contribution < 1.29 is 28.0 Å². The molecule has 1 N–H and O–H groups in total. The fourth-order valence-corrected chi connectivity index (χ4v) is 3.34. The van der Waals surface area contributed by atoms with Gasteiger partial charge >= 0.3 is 5.38 Å². The van der Waals surface area contributed by atoms with Crippen molar-refractivity contribution in [1.29, 1.82) is 0 Å². The van der Waals surface area contributed by atoms with Crippen LogP contribution >= 0.6 is 11.6 Å². The summed E-state index contributed by atoms with van der Waals surface area (Å²) in [7, 11) is 1.51. The van der Waals surface area contributed by atoms with Gasteiger partial charge in [0.25, 0.3) is 11.6 Å². The average Bonchev–Trinajstić information content (AvgIpc) is 3.22. The smallest absolute Gasteiger partial charge is 0.364 e. The molecule has 4 aromatic rings. The molecule has 180 valence electrons. The number of carbonyl (C=O) groups is 1. The van der Waals surface area contributed by atoms with Crippen LogP contribution in [0.1, 0.15) is 21.9 Å². The topological polar surface area (TPSA) is 121 Å². The number of aromatic nitrogens is 3. The molecule has 0 atom stereocenters. The van der Waals surface area contributed by atoms with Crippen LogP contribution in [0.3, 0.4) is 0 Å². The maximum Gasteiger partial charge on any atom is 0.364 e. The van der Waals surface area contributed by atoms with E-state index in [1.807, 2.05) is 0 Å². The second-order valence-corrected chi connectivity index (χ2v) is 7.76. The highest BCUT2D eigenvalue weighted by molar-refractivity contribution is 6.21. The summed E-state index contributed by atoms with van der Waals surface area (Å²) in [5.41, 5.74) is -1.01. The van der Waals surface area contributed by atoms with Gasteiger partial charge in [-0.15, -0.1) is 0 Å². The lowest BCUT2D eigenvalue weighted by Crippen LogP contribution is -2.15. The molecule has 0 fully saturated rings. The predicted molar refractivity (Wildman–Crippen MR) is 122 cm³/mol. The van der Waals surface area contributed by atoms with Gasteiger partial charge in [0.15, 0.2) is 11.3 Å². The number of hydrogen-bond donors (Lipinski definition) is 1. The minimum Gasteiger partial charge on any atom is -0.497 e. The molecular weight excluding hydrogens is 488 g/mol. The number of nitro benzene ring substituents is 1. The molecule has 35 heavy (non-hydrogen) atoms. The van der Waals surface area contributed by atoms with Crippen LogP contribution in [-0.2, 0) is 5.38 Å². The number of nitrogens with one attached hydrogen (secondary N) is 1. The Morgan fingerprint density at radius 2 is 1.80 bits per heavy atom. The first-order chi connectivity index (χ1) is 16.5. The van der Waals surface area contributed by atoms with Crippen LogP contribution in [0, 0.1) is 17.0 Å². The van der Waals surface area contributed by atoms with E-state index < -0.39 is 21.9 Å². The number of amides is 1. The summed E-state index contributed by atoms with van der Waals surface area (Å²) in [5, 5.41) is 14.0. The molecule has 1 amide bonds. The molecule has 2 aromatic heterocycles. The largest absolute Gasteiger partial charge is 0.497 e. The summed E-state index contributed by atoms with van der Waals surface area (Å²) in [6, 6.07) is 12.4. The van der Waals surface area contributed by atoms with Crippen LogP contribution in [0.5, 0.6) is 17.2 Å². The Morgan fingerprint density at radius 3 is 2.43 bits per heavy atom. The summed E-state index contributed by atoms with van der Waals surface area (Å²) in [5.74, 6) is 0.236. The minimum atomic E-state index is -3.75. The third kappa shape index (κ3) is 5.27. The van der Waals surface area contributed by atoms with Gasteiger partial charge in [0.2, 0.25) is 0 Å². The van der Waals surface area contributed by atoms with Gasteiger partial charge in [-0.05, 0) is 48.9 Å². The molecule has 0 saturated carbocycles. The Hall–Kier alpha value is -4.32. The molecule has 0 saturated heterocycles. The molecular formula is C22H16ClF2N5O5. The van der Waals surface area contributed by atoms with Crippen molar-refractivity contribution in [2.75, 3.05) is 12.4 Å². The number of alkyl halides is 3. The summed E-state index contributed by atoms with van der Waals surface area (Å²) >= 11 is 5.17. The van der Waals surface area contributed by atoms with Crippen LogP contribution in [0.15, 0.2) is 54.6 Å². The Balaban J connectivity index is 1.64. The molecule has 0 spiro atoms. The van der Waals surface area contributed by atoms with E-state index >= 15 is 0 Å². The lowest BCUT2D eigenvalue weighted by molar-refractivity contribution is -0.384. The highest BCUT2D eigenvalue weighted by Gasteiger charge is 2.32. The monoisotopic (exact) mass is 503 g/mol. The number of aryl methyl sites for hydroxylation is 1. The number of benzene rings is 2. The van der Waals surface area contributed by atoms with Gasteiger partial charge < -0.3 is 14.8 Å². The fourth-order valence-electron chi connectivity index (χ4n) is 3.21. The maximum absolute atomic E-state index is 13.8. The van der Waals surface area contributed by atoms with Crippen LogP contribution < -0.4 is 14.8 Å². The second-order valence-electron chi connectivity index (χ2n) is 7.28. The molecule has 10 nitrogen and oxygen atoms in total. The molecule has 0 aliphatic heterocycles. The van der Waals surface area contributed by atoms with Gasteiger partial charge in [-0.3, -0.25) is 14.9 Å². The first-order valence-corrected chi connectivity index (χ1v) is 10.3. The molecule has 13 heteroatoms. The first kappa shape index (κ1) is 23.8. The molecule has 0 radical (unpaired) electrons. The molecule has 0 unspecified atom stereocenters. The maximum atomic E-state index is 13.8. The number of fused-ring (bicyclic) bond motifs is 1. The van der Waals surface area contributed by atoms with Crippen molar-refractivity contribution in [3.63, 3.8) is 0 Å². The SMILES string of the molecule is COc1ccc(Oc2cc(NC(=O)c3cc4nc(C)cc(C(F)(F)Cl)n4n3)cc([N+](=O)[O-])c2)cc1. The Bertz CT molecular complexity index is 1440. The van der Waals surface area contributed by atoms with E-state index in [0.717, 1.165) is 16.6 Å². The lowest BCUT2D eigenvalue weighted by atomic mass is 10.2. The van der Waals surface area contributed by atoms with E-state index in [9.17, 15) is 23.7 Å². The number of methoxy groups -OCH3 is 1. The highest BCUT2D eigenvalue weighted by atomic mass is 35.5. The van der Waals surface area contributed by atoms with Gasteiger partial charge in [0.05, 0.1) is 23.8 Å². The number of carbonyl (C=O) groups excluding carboxylic acids is 1. The zero-order chi connectivity index (χ0) is 25.3. The standard InChI is InChI=1S/C22H16ClF2N5O5/c1-12-7-19(22(23,24)25)29-20(26-12)11-18(28-29)21(31)27-13-8-14(30(32)33)10-17(9-13)35-16-5-3-15(34-2)4-6-16/h3-11H,1-2H3,(H,27,31). The van der Waals surface area contributed by atoms with E-state index in [1.165, 1.54) is 32.2 Å². The van der Waals surface area contributed by atoms with Gasteiger partial charge in [-0.1, -0.05) is 0 Å². The molecule has 0 bridgehead atoms. The van der Waals surface area contributed by atoms with Crippen LogP contribution in [0.25, 0.3) is 5.65 Å².